The molecule has 38 heavy (non-hydrogen) atoms. The molecule has 4 aliphatic carbocycles. The van der Waals surface area contributed by atoms with Crippen molar-refractivity contribution in [1.82, 2.24) is 0 Å². The largest absolute Gasteiger partial charge is 0.0986 e. The maximum atomic E-state index is 4.45. The van der Waals surface area contributed by atoms with E-state index in [4.69, 9.17) is 0 Å². The predicted molar refractivity (Wildman–Crippen MR) is 164 cm³/mol. The van der Waals surface area contributed by atoms with Crippen LogP contribution in [0.2, 0.25) is 0 Å². The first kappa shape index (κ1) is 25.7. The zero-order valence-corrected chi connectivity index (χ0v) is 24.0. The molecule has 0 spiro atoms. The molecule has 0 amide bonds. The Balaban J connectivity index is 1.22. The molecule has 0 nitrogen and oxygen atoms in total. The highest BCUT2D eigenvalue weighted by Gasteiger charge is 2.36. The molecule has 0 saturated heterocycles. The fourth-order valence-corrected chi connectivity index (χ4v) is 8.15. The SMILES string of the molecule is C=C1C=CC(C)C(=C)C1CC1=Cc2cccc(-c3cc(C)cc(C)c3CC3CC(C4CCCCC4)C3)c2C1. The lowest BCUT2D eigenvalue weighted by molar-refractivity contribution is 0.0977. The molecule has 0 aliphatic heterocycles. The van der Waals surface area contributed by atoms with Gasteiger partial charge in [0.25, 0.3) is 0 Å². The smallest absolute Gasteiger partial charge is 0.00826 e. The number of allylic oxidation sites excluding steroid dienone is 5. The van der Waals surface area contributed by atoms with Crippen molar-refractivity contribution in [2.24, 2.45) is 29.6 Å². The van der Waals surface area contributed by atoms with E-state index in [-0.39, 0.29) is 0 Å². The fourth-order valence-electron chi connectivity index (χ4n) is 8.15. The first-order chi connectivity index (χ1) is 18.4. The monoisotopic (exact) mass is 502 g/mol. The molecule has 0 heterocycles. The molecule has 0 heteroatoms. The first-order valence-electron chi connectivity index (χ1n) is 15.3. The highest BCUT2D eigenvalue weighted by atomic mass is 14.4. The Hall–Kier alpha value is -2.60. The van der Waals surface area contributed by atoms with Gasteiger partial charge in [-0.05, 0) is 109 Å². The van der Waals surface area contributed by atoms with E-state index < -0.39 is 0 Å². The minimum Gasteiger partial charge on any atom is -0.0986 e. The summed E-state index contributed by atoms with van der Waals surface area (Å²) in [6.07, 6.45) is 20.6. The van der Waals surface area contributed by atoms with Crippen LogP contribution in [0, 0.1) is 43.4 Å². The second kappa shape index (κ2) is 10.5. The maximum absolute atomic E-state index is 4.45. The van der Waals surface area contributed by atoms with Crippen LogP contribution < -0.4 is 0 Å². The fraction of sp³-hybridized carbons (Fsp3) is 0.474. The third-order valence-corrected chi connectivity index (χ3v) is 10.5. The van der Waals surface area contributed by atoms with Crippen LogP contribution in [0.1, 0.15) is 86.1 Å². The summed E-state index contributed by atoms with van der Waals surface area (Å²) in [5.74, 6) is 3.70. The van der Waals surface area contributed by atoms with Crippen molar-refractivity contribution < 1.29 is 0 Å². The van der Waals surface area contributed by atoms with E-state index in [1.54, 1.807) is 5.56 Å². The molecule has 2 aromatic carbocycles. The van der Waals surface area contributed by atoms with Crippen LogP contribution in [0.15, 0.2) is 72.4 Å². The third kappa shape index (κ3) is 4.92. The van der Waals surface area contributed by atoms with Crippen LogP contribution in [0.4, 0.5) is 0 Å². The zero-order chi connectivity index (χ0) is 26.4. The average molecular weight is 503 g/mol. The normalized spacial score (nSPS) is 27.3. The third-order valence-electron chi connectivity index (χ3n) is 10.5. The van der Waals surface area contributed by atoms with Gasteiger partial charge in [-0.15, -0.1) is 0 Å². The summed E-state index contributed by atoms with van der Waals surface area (Å²) < 4.78 is 0. The van der Waals surface area contributed by atoms with Crippen molar-refractivity contribution in [3.8, 4) is 11.1 Å². The minimum absolute atomic E-state index is 0.367. The molecule has 2 fully saturated rings. The molecular weight excluding hydrogens is 456 g/mol. The van der Waals surface area contributed by atoms with E-state index in [9.17, 15) is 0 Å². The van der Waals surface area contributed by atoms with E-state index in [0.29, 0.717) is 11.8 Å². The van der Waals surface area contributed by atoms with Gasteiger partial charge in [0, 0.05) is 5.92 Å². The van der Waals surface area contributed by atoms with Gasteiger partial charge in [-0.1, -0.05) is 117 Å². The summed E-state index contributed by atoms with van der Waals surface area (Å²) in [6, 6.07) is 11.9. The van der Waals surface area contributed by atoms with Gasteiger partial charge in [-0.2, -0.15) is 0 Å². The zero-order valence-electron chi connectivity index (χ0n) is 24.0. The molecule has 2 unspecified atom stereocenters. The van der Waals surface area contributed by atoms with E-state index >= 15 is 0 Å². The van der Waals surface area contributed by atoms with E-state index in [2.05, 4.69) is 82.5 Å². The molecule has 2 aromatic rings. The summed E-state index contributed by atoms with van der Waals surface area (Å²) in [4.78, 5) is 0. The molecule has 2 atom stereocenters. The summed E-state index contributed by atoms with van der Waals surface area (Å²) in [7, 11) is 0. The summed E-state index contributed by atoms with van der Waals surface area (Å²) in [6.45, 7) is 15.7. The van der Waals surface area contributed by atoms with Gasteiger partial charge < -0.3 is 0 Å². The molecule has 2 saturated carbocycles. The van der Waals surface area contributed by atoms with Gasteiger partial charge in [0.2, 0.25) is 0 Å². The number of aryl methyl sites for hydroxylation is 2. The van der Waals surface area contributed by atoms with Gasteiger partial charge >= 0.3 is 0 Å². The van der Waals surface area contributed by atoms with Crippen molar-refractivity contribution in [1.29, 1.82) is 0 Å². The molecule has 198 valence electrons. The Morgan fingerprint density at radius 2 is 1.68 bits per heavy atom. The number of fused-ring (bicyclic) bond motifs is 1. The molecule has 0 bridgehead atoms. The van der Waals surface area contributed by atoms with Crippen LogP contribution in [0.3, 0.4) is 0 Å². The van der Waals surface area contributed by atoms with Gasteiger partial charge in [0.05, 0.1) is 0 Å². The van der Waals surface area contributed by atoms with Crippen molar-refractivity contribution in [2.75, 3.05) is 0 Å². The van der Waals surface area contributed by atoms with Crippen molar-refractivity contribution in [3.63, 3.8) is 0 Å². The summed E-state index contributed by atoms with van der Waals surface area (Å²) >= 11 is 0. The summed E-state index contributed by atoms with van der Waals surface area (Å²) in [5, 5.41) is 0. The van der Waals surface area contributed by atoms with Crippen LogP contribution >= 0.6 is 0 Å². The highest BCUT2D eigenvalue weighted by molar-refractivity contribution is 5.80. The number of hydrogen-bond acceptors (Lipinski definition) is 0. The van der Waals surface area contributed by atoms with Crippen molar-refractivity contribution in [3.05, 3.63) is 100 Å². The summed E-state index contributed by atoms with van der Waals surface area (Å²) in [5.41, 5.74) is 14.4. The molecule has 6 rings (SSSR count). The minimum atomic E-state index is 0.367. The lowest BCUT2D eigenvalue weighted by atomic mass is 9.63. The Kier molecular flexibility index (Phi) is 7.10. The molecule has 0 aromatic heterocycles. The van der Waals surface area contributed by atoms with Crippen molar-refractivity contribution in [2.45, 2.75) is 85.0 Å². The van der Waals surface area contributed by atoms with Crippen LogP contribution in [-0.2, 0) is 12.8 Å². The Bertz CT molecular complexity index is 1300. The Morgan fingerprint density at radius 1 is 0.895 bits per heavy atom. The Morgan fingerprint density at radius 3 is 2.47 bits per heavy atom. The first-order valence-corrected chi connectivity index (χ1v) is 15.3. The number of hydrogen-bond donors (Lipinski definition) is 0. The van der Waals surface area contributed by atoms with Crippen molar-refractivity contribution >= 4 is 6.08 Å². The standard InChI is InChI=1S/C38H46/c1-24-16-27(4)36(22-29-19-33(20-29)31-10-7-6-8-11-31)38(17-24)34-13-9-12-32-18-30(23-37(32)34)21-35-26(3)15-14-25(2)28(35)5/h9,12-18,25,29,31,33,35H,3,5-8,10-11,19-23H2,1-2,4H3. The number of rotatable bonds is 6. The van der Waals surface area contributed by atoms with Gasteiger partial charge in [0.1, 0.15) is 0 Å². The van der Waals surface area contributed by atoms with E-state index in [1.165, 1.54) is 101 Å². The molecule has 0 radical (unpaired) electrons. The molecule has 0 N–H and O–H groups in total. The lowest BCUT2D eigenvalue weighted by Gasteiger charge is -2.42. The van der Waals surface area contributed by atoms with E-state index in [0.717, 1.165) is 30.6 Å². The topological polar surface area (TPSA) is 0 Å². The van der Waals surface area contributed by atoms with E-state index in [1.807, 2.05) is 0 Å². The molecule has 4 aliphatic rings. The van der Waals surface area contributed by atoms with Gasteiger partial charge in [-0.25, -0.2) is 0 Å². The maximum Gasteiger partial charge on any atom is 0.00826 e. The quantitative estimate of drug-likeness (QED) is 0.345. The van der Waals surface area contributed by atoms with Crippen LogP contribution in [-0.4, -0.2) is 0 Å². The van der Waals surface area contributed by atoms with Crippen LogP contribution in [0.25, 0.3) is 17.2 Å². The lowest BCUT2D eigenvalue weighted by Crippen LogP contribution is -2.32. The molecular formula is C38H46. The number of benzene rings is 2. The predicted octanol–water partition coefficient (Wildman–Crippen LogP) is 10.4. The van der Waals surface area contributed by atoms with Crippen LogP contribution in [0.5, 0.6) is 0 Å². The average Bonchev–Trinajstić information content (AvgIpc) is 3.30. The van der Waals surface area contributed by atoms with Gasteiger partial charge in [-0.3, -0.25) is 0 Å². The van der Waals surface area contributed by atoms with Gasteiger partial charge in [0.15, 0.2) is 0 Å². The Labute approximate surface area is 231 Å². The second-order valence-corrected chi connectivity index (χ2v) is 13.2. The highest BCUT2D eigenvalue weighted by Crippen LogP contribution is 2.47. The second-order valence-electron chi connectivity index (χ2n) is 13.2.